The Balaban J connectivity index is 1.39. The predicted octanol–water partition coefficient (Wildman–Crippen LogP) is 3.01. The Kier molecular flexibility index (Phi) is 4.35. The number of hydrogen-bond donors (Lipinski definition) is 0. The first-order valence-corrected chi connectivity index (χ1v) is 9.28. The van der Waals surface area contributed by atoms with E-state index in [0.717, 1.165) is 48.0 Å². The Morgan fingerprint density at radius 3 is 2.46 bits per heavy atom. The second kappa shape index (κ2) is 6.63. The number of rotatable bonds is 4. The van der Waals surface area contributed by atoms with Gasteiger partial charge in [-0.3, -0.25) is 0 Å². The van der Waals surface area contributed by atoms with Gasteiger partial charge in [0.05, 0.1) is 4.47 Å². The van der Waals surface area contributed by atoms with Crippen LogP contribution in [0.1, 0.15) is 37.4 Å². The van der Waals surface area contributed by atoms with Crippen LogP contribution in [0.3, 0.4) is 0 Å². The van der Waals surface area contributed by atoms with Crippen molar-refractivity contribution in [2.45, 2.75) is 37.6 Å². The van der Waals surface area contributed by atoms with Gasteiger partial charge in [-0.15, -0.1) is 0 Å². The average Bonchev–Trinajstić information content (AvgIpc) is 3.47. The fourth-order valence-electron chi connectivity index (χ4n) is 3.21. The lowest BCUT2D eigenvalue weighted by Gasteiger charge is -2.37. The minimum atomic E-state index is 0.465. The van der Waals surface area contributed by atoms with Gasteiger partial charge in [0.15, 0.2) is 0 Å². The molecule has 2 aromatic rings. The van der Waals surface area contributed by atoms with Gasteiger partial charge in [0.25, 0.3) is 0 Å². The topological polar surface area (TPSA) is 58.0 Å². The highest BCUT2D eigenvalue weighted by Crippen LogP contribution is 2.38. The molecular formula is C17H21BrN6. The van der Waals surface area contributed by atoms with Crippen LogP contribution in [0.5, 0.6) is 0 Å². The van der Waals surface area contributed by atoms with Gasteiger partial charge in [-0.1, -0.05) is 0 Å². The molecule has 0 amide bonds. The number of halogens is 1. The van der Waals surface area contributed by atoms with E-state index < -0.39 is 0 Å². The number of nitrogens with zero attached hydrogens (tertiary/aromatic N) is 6. The maximum absolute atomic E-state index is 4.77. The number of aromatic nitrogens is 4. The van der Waals surface area contributed by atoms with Crippen LogP contribution in [-0.2, 0) is 0 Å². The molecule has 2 aliphatic rings. The highest BCUT2D eigenvalue weighted by atomic mass is 79.9. The zero-order valence-electron chi connectivity index (χ0n) is 13.8. The van der Waals surface area contributed by atoms with Crippen LogP contribution in [0.15, 0.2) is 29.1 Å². The molecule has 0 N–H and O–H groups in total. The Morgan fingerprint density at radius 1 is 1.08 bits per heavy atom. The molecule has 1 aliphatic heterocycles. The summed E-state index contributed by atoms with van der Waals surface area (Å²) in [5.74, 6) is 3.49. The molecule has 0 spiro atoms. The Hall–Kier alpha value is -1.76. The van der Waals surface area contributed by atoms with Gasteiger partial charge in [-0.25, -0.2) is 19.9 Å². The predicted molar refractivity (Wildman–Crippen MR) is 97.4 cm³/mol. The van der Waals surface area contributed by atoms with Crippen molar-refractivity contribution in [3.05, 3.63) is 35.0 Å². The lowest BCUT2D eigenvalue weighted by atomic mass is 10.0. The van der Waals surface area contributed by atoms with Crippen LogP contribution in [0.2, 0.25) is 0 Å². The van der Waals surface area contributed by atoms with Gasteiger partial charge in [-0.2, -0.15) is 0 Å². The molecule has 126 valence electrons. The van der Waals surface area contributed by atoms with E-state index in [0.29, 0.717) is 12.0 Å². The van der Waals surface area contributed by atoms with E-state index >= 15 is 0 Å². The van der Waals surface area contributed by atoms with Crippen LogP contribution >= 0.6 is 15.9 Å². The van der Waals surface area contributed by atoms with E-state index in [2.05, 4.69) is 47.7 Å². The summed E-state index contributed by atoms with van der Waals surface area (Å²) in [5.41, 5.74) is 0. The van der Waals surface area contributed by atoms with Gasteiger partial charge < -0.3 is 9.80 Å². The summed E-state index contributed by atoms with van der Waals surface area (Å²) >= 11 is 3.38. The maximum atomic E-state index is 4.77. The van der Waals surface area contributed by atoms with Crippen molar-refractivity contribution < 1.29 is 0 Å². The normalized spacial score (nSPS) is 18.7. The quantitative estimate of drug-likeness (QED) is 0.801. The molecule has 1 saturated heterocycles. The fraction of sp³-hybridized carbons (Fsp3) is 0.529. The molecule has 0 unspecified atom stereocenters. The molecule has 2 fully saturated rings. The van der Waals surface area contributed by atoms with Crippen LogP contribution in [0, 0.1) is 0 Å². The molecule has 0 radical (unpaired) electrons. The second-order valence-electron chi connectivity index (χ2n) is 6.58. The molecule has 1 saturated carbocycles. The summed E-state index contributed by atoms with van der Waals surface area (Å²) in [7, 11) is 2.08. The summed E-state index contributed by atoms with van der Waals surface area (Å²) < 4.78 is 0.907. The number of piperidine rings is 1. The van der Waals surface area contributed by atoms with Crippen molar-refractivity contribution in [1.82, 2.24) is 19.9 Å². The van der Waals surface area contributed by atoms with E-state index in [1.807, 2.05) is 12.3 Å². The average molecular weight is 389 g/mol. The highest BCUT2D eigenvalue weighted by molar-refractivity contribution is 9.10. The standard InChI is InChI=1S/C17H21BrN6/c1-23(17-20-10-13(18)11-21-17)14-5-8-24(9-6-14)15-4-7-19-16(22-15)12-2-3-12/h4,7,10-12,14H,2-3,5-6,8-9H2,1H3. The molecule has 0 aromatic carbocycles. The summed E-state index contributed by atoms with van der Waals surface area (Å²) in [6.07, 6.45) is 10.1. The lowest BCUT2D eigenvalue weighted by molar-refractivity contribution is 0.475. The van der Waals surface area contributed by atoms with Crippen molar-refractivity contribution >= 4 is 27.7 Å². The van der Waals surface area contributed by atoms with Crippen LogP contribution in [-0.4, -0.2) is 46.1 Å². The van der Waals surface area contributed by atoms with E-state index in [1.165, 1.54) is 12.8 Å². The minimum absolute atomic E-state index is 0.465. The Morgan fingerprint density at radius 2 is 1.79 bits per heavy atom. The molecule has 7 heteroatoms. The van der Waals surface area contributed by atoms with E-state index in [4.69, 9.17) is 4.98 Å². The number of hydrogen-bond acceptors (Lipinski definition) is 6. The van der Waals surface area contributed by atoms with Crippen molar-refractivity contribution in [3.8, 4) is 0 Å². The first-order valence-electron chi connectivity index (χ1n) is 8.49. The van der Waals surface area contributed by atoms with Gasteiger partial charge in [0.1, 0.15) is 11.6 Å². The summed E-state index contributed by atoms with van der Waals surface area (Å²) in [6, 6.07) is 2.50. The fourth-order valence-corrected chi connectivity index (χ4v) is 3.42. The largest absolute Gasteiger partial charge is 0.356 e. The molecule has 0 atom stereocenters. The van der Waals surface area contributed by atoms with Gasteiger partial charge in [0.2, 0.25) is 5.95 Å². The van der Waals surface area contributed by atoms with E-state index in [1.54, 1.807) is 12.4 Å². The van der Waals surface area contributed by atoms with Crippen molar-refractivity contribution in [3.63, 3.8) is 0 Å². The monoisotopic (exact) mass is 388 g/mol. The summed E-state index contributed by atoms with van der Waals surface area (Å²) in [6.45, 7) is 2.01. The third kappa shape index (κ3) is 3.36. The SMILES string of the molecule is CN(c1ncc(Br)cn1)C1CCN(c2ccnc(C3CC3)n2)CC1. The third-order valence-corrected chi connectivity index (χ3v) is 5.27. The zero-order chi connectivity index (χ0) is 16.5. The first-order chi connectivity index (χ1) is 11.7. The van der Waals surface area contributed by atoms with Crippen LogP contribution < -0.4 is 9.80 Å². The van der Waals surface area contributed by atoms with Crippen molar-refractivity contribution in [2.75, 3.05) is 29.9 Å². The van der Waals surface area contributed by atoms with Crippen molar-refractivity contribution in [1.29, 1.82) is 0 Å². The molecular weight excluding hydrogens is 368 g/mol. The number of anilines is 2. The van der Waals surface area contributed by atoms with Gasteiger partial charge in [0, 0.05) is 50.7 Å². The van der Waals surface area contributed by atoms with Crippen LogP contribution in [0.4, 0.5) is 11.8 Å². The Labute approximate surface area is 150 Å². The third-order valence-electron chi connectivity index (χ3n) is 4.86. The first kappa shape index (κ1) is 15.7. The highest BCUT2D eigenvalue weighted by Gasteiger charge is 2.28. The second-order valence-corrected chi connectivity index (χ2v) is 7.49. The molecule has 24 heavy (non-hydrogen) atoms. The Bertz CT molecular complexity index is 694. The molecule has 4 rings (SSSR count). The molecule has 1 aliphatic carbocycles. The van der Waals surface area contributed by atoms with E-state index in [9.17, 15) is 0 Å². The summed E-state index contributed by atoms with van der Waals surface area (Å²) in [5, 5.41) is 0. The van der Waals surface area contributed by atoms with Crippen molar-refractivity contribution in [2.24, 2.45) is 0 Å². The van der Waals surface area contributed by atoms with E-state index in [-0.39, 0.29) is 0 Å². The minimum Gasteiger partial charge on any atom is -0.356 e. The summed E-state index contributed by atoms with van der Waals surface area (Å²) in [4.78, 5) is 22.6. The molecule has 3 heterocycles. The smallest absolute Gasteiger partial charge is 0.225 e. The van der Waals surface area contributed by atoms with Gasteiger partial charge in [-0.05, 0) is 47.7 Å². The van der Waals surface area contributed by atoms with Gasteiger partial charge >= 0.3 is 0 Å². The molecule has 2 aromatic heterocycles. The maximum Gasteiger partial charge on any atom is 0.225 e. The molecule has 6 nitrogen and oxygen atoms in total. The molecule has 0 bridgehead atoms. The zero-order valence-corrected chi connectivity index (χ0v) is 15.4. The lowest BCUT2D eigenvalue weighted by Crippen LogP contribution is -2.44. The van der Waals surface area contributed by atoms with Crippen LogP contribution in [0.25, 0.3) is 0 Å².